The zero-order valence-corrected chi connectivity index (χ0v) is 21.9. The summed E-state index contributed by atoms with van der Waals surface area (Å²) in [6.07, 6.45) is 1.76. The van der Waals surface area contributed by atoms with Crippen LogP contribution < -0.4 is 24.4 Å². The van der Waals surface area contributed by atoms with Gasteiger partial charge in [0.15, 0.2) is 22.9 Å². The van der Waals surface area contributed by atoms with Gasteiger partial charge in [0, 0.05) is 0 Å². The average molecular weight is 518 g/mol. The Balaban J connectivity index is 1.87. The van der Waals surface area contributed by atoms with Gasteiger partial charge < -0.3 is 14.2 Å². The van der Waals surface area contributed by atoms with Crippen LogP contribution in [0.2, 0.25) is 0 Å². The Kier molecular flexibility index (Phi) is 7.89. The lowest BCUT2D eigenvalue weighted by molar-refractivity contribution is -0.139. The SMILES string of the molecule is CCOC(=O)C1=C(C)N=c2s/c(=C/c3ccc(OCC#N)c(OCC)c3)c(=O)n2[C@@H]1c1ccc(C)cc1. The van der Waals surface area contributed by atoms with Gasteiger partial charge in [-0.05, 0) is 57.0 Å². The molecule has 3 aromatic rings. The third kappa shape index (κ3) is 5.34. The van der Waals surface area contributed by atoms with Crippen LogP contribution in [0.5, 0.6) is 11.5 Å². The van der Waals surface area contributed by atoms with Crippen molar-refractivity contribution in [2.45, 2.75) is 33.7 Å². The number of thiazole rings is 1. The second kappa shape index (κ2) is 11.3. The van der Waals surface area contributed by atoms with Gasteiger partial charge in [0.2, 0.25) is 0 Å². The standard InChI is InChI=1S/C28H27N3O5S/c1-5-34-22-15-19(9-12-21(22)36-14-13-29)16-23-26(32)31-25(20-10-7-17(3)8-11-20)24(27(33)35-6-2)18(4)30-28(31)37-23/h7-12,15-16,25H,5-6,14H2,1-4H3/b23-16+/t25-/m1/s1. The lowest BCUT2D eigenvalue weighted by Crippen LogP contribution is -2.39. The maximum atomic E-state index is 13.7. The summed E-state index contributed by atoms with van der Waals surface area (Å²) in [5.41, 5.74) is 3.21. The average Bonchev–Trinajstić information content (AvgIpc) is 3.17. The number of esters is 1. The summed E-state index contributed by atoms with van der Waals surface area (Å²) in [7, 11) is 0. The van der Waals surface area contributed by atoms with Crippen LogP contribution in [0.4, 0.5) is 0 Å². The molecular weight excluding hydrogens is 490 g/mol. The Hall–Kier alpha value is -4.16. The maximum Gasteiger partial charge on any atom is 0.338 e. The molecule has 0 saturated carbocycles. The summed E-state index contributed by atoms with van der Waals surface area (Å²) in [6, 6.07) is 14.3. The first-order chi connectivity index (χ1) is 17.9. The third-order valence-corrected chi connectivity index (χ3v) is 6.75. The number of allylic oxidation sites excluding steroid dienone is 1. The molecule has 4 rings (SSSR count). The van der Waals surface area contributed by atoms with E-state index in [9.17, 15) is 9.59 Å². The number of hydrogen-bond donors (Lipinski definition) is 0. The first-order valence-electron chi connectivity index (χ1n) is 11.9. The molecule has 1 atom stereocenters. The lowest BCUT2D eigenvalue weighted by Gasteiger charge is -2.24. The summed E-state index contributed by atoms with van der Waals surface area (Å²) in [5, 5.41) is 8.83. The Labute approximate surface area is 218 Å². The van der Waals surface area contributed by atoms with Gasteiger partial charge in [0.05, 0.1) is 35.1 Å². The van der Waals surface area contributed by atoms with E-state index < -0.39 is 12.0 Å². The smallest absolute Gasteiger partial charge is 0.338 e. The molecule has 0 aliphatic carbocycles. The fourth-order valence-electron chi connectivity index (χ4n) is 4.12. The number of carbonyl (C=O) groups is 1. The van der Waals surface area contributed by atoms with Crippen molar-refractivity contribution in [1.82, 2.24) is 4.57 Å². The largest absolute Gasteiger partial charge is 0.490 e. The molecular formula is C28H27N3O5S. The number of nitrogens with zero attached hydrogens (tertiary/aromatic N) is 3. The normalized spacial score (nSPS) is 15.0. The number of hydrogen-bond acceptors (Lipinski definition) is 8. The van der Waals surface area contributed by atoms with E-state index in [0.29, 0.717) is 38.7 Å². The highest BCUT2D eigenvalue weighted by atomic mass is 32.1. The molecule has 37 heavy (non-hydrogen) atoms. The van der Waals surface area contributed by atoms with Crippen molar-refractivity contribution in [3.05, 3.63) is 90.1 Å². The molecule has 0 N–H and O–H groups in total. The summed E-state index contributed by atoms with van der Waals surface area (Å²) < 4.78 is 18.5. The quantitative estimate of drug-likeness (QED) is 0.425. The van der Waals surface area contributed by atoms with E-state index in [4.69, 9.17) is 19.5 Å². The predicted molar refractivity (Wildman–Crippen MR) is 140 cm³/mol. The molecule has 0 saturated heterocycles. The van der Waals surface area contributed by atoms with Crippen LogP contribution in [0.3, 0.4) is 0 Å². The van der Waals surface area contributed by atoms with Crippen LogP contribution in [-0.2, 0) is 9.53 Å². The number of aromatic nitrogens is 1. The first kappa shape index (κ1) is 25.9. The predicted octanol–water partition coefficient (Wildman–Crippen LogP) is 3.41. The van der Waals surface area contributed by atoms with Crippen molar-refractivity contribution in [2.24, 2.45) is 4.99 Å². The molecule has 0 bridgehead atoms. The van der Waals surface area contributed by atoms with E-state index in [2.05, 4.69) is 4.99 Å². The molecule has 0 fully saturated rings. The highest BCUT2D eigenvalue weighted by Gasteiger charge is 2.33. The van der Waals surface area contributed by atoms with Gasteiger partial charge in [0.25, 0.3) is 5.56 Å². The third-order valence-electron chi connectivity index (χ3n) is 5.77. The number of fused-ring (bicyclic) bond motifs is 1. The highest BCUT2D eigenvalue weighted by Crippen LogP contribution is 2.31. The van der Waals surface area contributed by atoms with Crippen LogP contribution in [0.25, 0.3) is 6.08 Å². The van der Waals surface area contributed by atoms with E-state index in [1.165, 1.54) is 11.3 Å². The van der Waals surface area contributed by atoms with Gasteiger partial charge in [-0.1, -0.05) is 47.2 Å². The van der Waals surface area contributed by atoms with Gasteiger partial charge >= 0.3 is 5.97 Å². The van der Waals surface area contributed by atoms with Crippen molar-refractivity contribution < 1.29 is 19.0 Å². The minimum absolute atomic E-state index is 0.0980. The Morgan fingerprint density at radius 2 is 1.86 bits per heavy atom. The van der Waals surface area contributed by atoms with E-state index in [-0.39, 0.29) is 18.8 Å². The second-order valence-electron chi connectivity index (χ2n) is 8.30. The summed E-state index contributed by atoms with van der Waals surface area (Å²) in [4.78, 5) is 31.8. The Morgan fingerprint density at radius 1 is 1.11 bits per heavy atom. The van der Waals surface area contributed by atoms with E-state index in [1.54, 1.807) is 42.7 Å². The van der Waals surface area contributed by atoms with Gasteiger partial charge in [-0.15, -0.1) is 0 Å². The second-order valence-corrected chi connectivity index (χ2v) is 9.31. The zero-order chi connectivity index (χ0) is 26.5. The van der Waals surface area contributed by atoms with Crippen LogP contribution in [-0.4, -0.2) is 30.4 Å². The van der Waals surface area contributed by atoms with E-state index in [1.807, 2.05) is 44.2 Å². The molecule has 2 aromatic carbocycles. The molecule has 9 heteroatoms. The molecule has 0 radical (unpaired) electrons. The molecule has 1 aromatic heterocycles. The maximum absolute atomic E-state index is 13.7. The fourth-order valence-corrected chi connectivity index (χ4v) is 5.17. The molecule has 0 spiro atoms. The van der Waals surface area contributed by atoms with Crippen molar-refractivity contribution >= 4 is 23.4 Å². The fraction of sp³-hybridized carbons (Fsp3) is 0.286. The first-order valence-corrected chi connectivity index (χ1v) is 12.7. The van der Waals surface area contributed by atoms with Crippen molar-refractivity contribution in [2.75, 3.05) is 19.8 Å². The minimum Gasteiger partial charge on any atom is -0.490 e. The van der Waals surface area contributed by atoms with Crippen LogP contribution in [0.15, 0.2) is 63.5 Å². The van der Waals surface area contributed by atoms with Crippen molar-refractivity contribution in [3.63, 3.8) is 0 Å². The summed E-state index contributed by atoms with van der Waals surface area (Å²) in [6.45, 7) is 7.89. The number of ether oxygens (including phenoxy) is 3. The van der Waals surface area contributed by atoms with Gasteiger partial charge in [-0.2, -0.15) is 5.26 Å². The summed E-state index contributed by atoms with van der Waals surface area (Å²) >= 11 is 1.25. The van der Waals surface area contributed by atoms with E-state index in [0.717, 1.165) is 16.7 Å². The van der Waals surface area contributed by atoms with Crippen molar-refractivity contribution in [3.8, 4) is 17.6 Å². The zero-order valence-electron chi connectivity index (χ0n) is 21.1. The molecule has 2 heterocycles. The minimum atomic E-state index is -0.654. The Morgan fingerprint density at radius 3 is 2.54 bits per heavy atom. The van der Waals surface area contributed by atoms with Crippen LogP contribution in [0.1, 0.15) is 43.5 Å². The number of aryl methyl sites for hydroxylation is 1. The monoisotopic (exact) mass is 517 g/mol. The lowest BCUT2D eigenvalue weighted by atomic mass is 9.95. The number of rotatable bonds is 8. The van der Waals surface area contributed by atoms with Crippen molar-refractivity contribution in [1.29, 1.82) is 5.26 Å². The Bertz CT molecular complexity index is 1580. The molecule has 1 aliphatic rings. The molecule has 0 amide bonds. The molecule has 190 valence electrons. The summed E-state index contributed by atoms with van der Waals surface area (Å²) in [5.74, 6) is 0.450. The number of benzene rings is 2. The number of carbonyl (C=O) groups excluding carboxylic acids is 1. The van der Waals surface area contributed by atoms with Gasteiger partial charge in [0.1, 0.15) is 6.07 Å². The van der Waals surface area contributed by atoms with Crippen LogP contribution in [0, 0.1) is 18.3 Å². The number of nitriles is 1. The van der Waals surface area contributed by atoms with E-state index >= 15 is 0 Å². The van der Waals surface area contributed by atoms with Gasteiger partial charge in [-0.3, -0.25) is 9.36 Å². The molecule has 0 unspecified atom stereocenters. The molecule has 8 nitrogen and oxygen atoms in total. The van der Waals surface area contributed by atoms with Gasteiger partial charge in [-0.25, -0.2) is 9.79 Å². The highest BCUT2D eigenvalue weighted by molar-refractivity contribution is 7.07. The molecule has 1 aliphatic heterocycles. The van der Waals surface area contributed by atoms with Crippen LogP contribution >= 0.6 is 11.3 Å². The topological polar surface area (TPSA) is 103 Å².